The minimum atomic E-state index is -0.414. The molecule has 0 aliphatic carbocycles. The molecule has 2 atom stereocenters. The van der Waals surface area contributed by atoms with E-state index in [-0.39, 0.29) is 6.09 Å². The molecule has 2 unspecified atom stereocenters. The van der Waals surface area contributed by atoms with Crippen LogP contribution in [-0.4, -0.2) is 54.5 Å². The Morgan fingerprint density at radius 3 is 2.43 bits per heavy atom. The summed E-state index contributed by atoms with van der Waals surface area (Å²) in [6.45, 7) is 10.3. The fourth-order valence-electron chi connectivity index (χ4n) is 2.93. The largest absolute Gasteiger partial charge is 0.444 e. The molecule has 0 aromatic heterocycles. The number of piperidine rings is 1. The summed E-state index contributed by atoms with van der Waals surface area (Å²) < 4.78 is 11.2. The van der Waals surface area contributed by atoms with Gasteiger partial charge in [-0.3, -0.25) is 0 Å². The molecule has 2 aliphatic heterocycles. The molecule has 5 heteroatoms. The standard InChI is InChI=1S/C16H30N2O3/c1-12-5-6-14(20-12)11-17-13-7-9-18(10-8-13)15(19)21-16(2,3)4/h12-14,17H,5-11H2,1-4H3. The summed E-state index contributed by atoms with van der Waals surface area (Å²) in [5, 5.41) is 3.59. The highest BCUT2D eigenvalue weighted by Crippen LogP contribution is 2.19. The third-order valence-corrected chi connectivity index (χ3v) is 4.10. The first-order valence-corrected chi connectivity index (χ1v) is 8.20. The van der Waals surface area contributed by atoms with E-state index >= 15 is 0 Å². The van der Waals surface area contributed by atoms with E-state index in [4.69, 9.17) is 9.47 Å². The number of hydrogen-bond donors (Lipinski definition) is 1. The lowest BCUT2D eigenvalue weighted by molar-refractivity contribution is 0.0185. The quantitative estimate of drug-likeness (QED) is 0.870. The number of likely N-dealkylation sites (tertiary alicyclic amines) is 1. The van der Waals surface area contributed by atoms with Gasteiger partial charge in [-0.05, 0) is 53.4 Å². The molecule has 2 fully saturated rings. The van der Waals surface area contributed by atoms with E-state index in [2.05, 4.69) is 12.2 Å². The van der Waals surface area contributed by atoms with Gasteiger partial charge >= 0.3 is 6.09 Å². The molecule has 1 N–H and O–H groups in total. The summed E-state index contributed by atoms with van der Waals surface area (Å²) in [6, 6.07) is 0.489. The van der Waals surface area contributed by atoms with Gasteiger partial charge in [0.25, 0.3) is 0 Å². The van der Waals surface area contributed by atoms with Gasteiger partial charge in [0, 0.05) is 25.7 Å². The van der Waals surface area contributed by atoms with E-state index in [0.29, 0.717) is 18.2 Å². The fraction of sp³-hybridized carbons (Fsp3) is 0.938. The lowest BCUT2D eigenvalue weighted by atomic mass is 10.0. The van der Waals surface area contributed by atoms with Crippen molar-refractivity contribution in [2.45, 2.75) is 77.2 Å². The summed E-state index contributed by atoms with van der Waals surface area (Å²) >= 11 is 0. The van der Waals surface area contributed by atoms with Gasteiger partial charge < -0.3 is 19.7 Å². The van der Waals surface area contributed by atoms with Gasteiger partial charge in [0.1, 0.15) is 5.60 Å². The molecular weight excluding hydrogens is 268 g/mol. The second-order valence-corrected chi connectivity index (χ2v) is 7.30. The minimum Gasteiger partial charge on any atom is -0.444 e. The van der Waals surface area contributed by atoms with Gasteiger partial charge in [0.2, 0.25) is 0 Å². The Bertz CT molecular complexity index is 346. The van der Waals surface area contributed by atoms with Gasteiger partial charge in [-0.25, -0.2) is 4.79 Å². The summed E-state index contributed by atoms with van der Waals surface area (Å²) in [6.07, 6.45) is 4.89. The normalized spacial score (nSPS) is 27.9. The molecule has 5 nitrogen and oxygen atoms in total. The predicted molar refractivity (Wildman–Crippen MR) is 82.4 cm³/mol. The monoisotopic (exact) mass is 298 g/mol. The Balaban J connectivity index is 1.65. The molecule has 0 bridgehead atoms. The van der Waals surface area contributed by atoms with Crippen LogP contribution in [0.25, 0.3) is 0 Å². The second kappa shape index (κ2) is 6.97. The van der Waals surface area contributed by atoms with Crippen molar-refractivity contribution >= 4 is 6.09 Å². The highest BCUT2D eigenvalue weighted by atomic mass is 16.6. The Morgan fingerprint density at radius 2 is 1.90 bits per heavy atom. The number of ether oxygens (including phenoxy) is 2. The van der Waals surface area contributed by atoms with E-state index in [1.807, 2.05) is 25.7 Å². The lowest BCUT2D eigenvalue weighted by Crippen LogP contribution is -2.47. The van der Waals surface area contributed by atoms with Crippen molar-refractivity contribution < 1.29 is 14.3 Å². The van der Waals surface area contributed by atoms with Crippen molar-refractivity contribution in [1.82, 2.24) is 10.2 Å². The van der Waals surface area contributed by atoms with Crippen LogP contribution >= 0.6 is 0 Å². The zero-order valence-corrected chi connectivity index (χ0v) is 13.9. The van der Waals surface area contributed by atoms with Crippen LogP contribution in [0.4, 0.5) is 4.79 Å². The van der Waals surface area contributed by atoms with Crippen molar-refractivity contribution in [3.8, 4) is 0 Å². The Morgan fingerprint density at radius 1 is 1.24 bits per heavy atom. The van der Waals surface area contributed by atoms with Crippen molar-refractivity contribution in [2.75, 3.05) is 19.6 Å². The zero-order valence-electron chi connectivity index (χ0n) is 13.9. The summed E-state index contributed by atoms with van der Waals surface area (Å²) in [4.78, 5) is 13.8. The molecule has 2 aliphatic rings. The van der Waals surface area contributed by atoms with Crippen LogP contribution in [0.1, 0.15) is 53.4 Å². The van der Waals surface area contributed by atoms with Crippen molar-refractivity contribution in [3.05, 3.63) is 0 Å². The molecule has 0 saturated carbocycles. The molecule has 2 heterocycles. The Kier molecular flexibility index (Phi) is 5.49. The smallest absolute Gasteiger partial charge is 0.410 e. The molecule has 0 radical (unpaired) electrons. The lowest BCUT2D eigenvalue weighted by Gasteiger charge is -2.34. The Labute approximate surface area is 128 Å². The number of carbonyl (C=O) groups excluding carboxylic acids is 1. The summed E-state index contributed by atoms with van der Waals surface area (Å²) in [5.74, 6) is 0. The average Bonchev–Trinajstić information content (AvgIpc) is 2.81. The summed E-state index contributed by atoms with van der Waals surface area (Å²) in [5.41, 5.74) is -0.414. The maximum Gasteiger partial charge on any atom is 0.410 e. The molecule has 0 aromatic rings. The van der Waals surface area contributed by atoms with Crippen LogP contribution in [0.5, 0.6) is 0 Å². The number of nitrogens with one attached hydrogen (secondary N) is 1. The maximum atomic E-state index is 12.0. The van der Waals surface area contributed by atoms with Crippen molar-refractivity contribution in [1.29, 1.82) is 0 Å². The highest BCUT2D eigenvalue weighted by molar-refractivity contribution is 5.68. The number of rotatable bonds is 3. The van der Waals surface area contributed by atoms with Crippen LogP contribution in [0, 0.1) is 0 Å². The van der Waals surface area contributed by atoms with E-state index < -0.39 is 5.60 Å². The topological polar surface area (TPSA) is 50.8 Å². The first kappa shape index (κ1) is 16.6. The third kappa shape index (κ3) is 5.47. The zero-order chi connectivity index (χ0) is 15.5. The number of nitrogens with zero attached hydrogens (tertiary/aromatic N) is 1. The Hall–Kier alpha value is -0.810. The summed E-state index contributed by atoms with van der Waals surface area (Å²) in [7, 11) is 0. The fourth-order valence-corrected chi connectivity index (χ4v) is 2.93. The van der Waals surface area contributed by atoms with Crippen LogP contribution in [-0.2, 0) is 9.47 Å². The third-order valence-electron chi connectivity index (χ3n) is 4.10. The highest BCUT2D eigenvalue weighted by Gasteiger charge is 2.28. The van der Waals surface area contributed by atoms with Gasteiger partial charge in [-0.2, -0.15) is 0 Å². The van der Waals surface area contributed by atoms with Crippen LogP contribution in [0.2, 0.25) is 0 Å². The molecule has 21 heavy (non-hydrogen) atoms. The van der Waals surface area contributed by atoms with Crippen LogP contribution in [0.15, 0.2) is 0 Å². The molecule has 122 valence electrons. The first-order chi connectivity index (χ1) is 9.83. The van der Waals surface area contributed by atoms with Crippen molar-refractivity contribution in [3.63, 3.8) is 0 Å². The molecule has 2 saturated heterocycles. The van der Waals surface area contributed by atoms with Crippen LogP contribution < -0.4 is 5.32 Å². The number of hydrogen-bond acceptors (Lipinski definition) is 4. The van der Waals surface area contributed by atoms with Crippen LogP contribution in [0.3, 0.4) is 0 Å². The van der Waals surface area contributed by atoms with Crippen molar-refractivity contribution in [2.24, 2.45) is 0 Å². The molecule has 0 aromatic carbocycles. The number of carbonyl (C=O) groups is 1. The molecule has 2 rings (SSSR count). The molecule has 1 amide bonds. The predicted octanol–water partition coefficient (Wildman–Crippen LogP) is 2.54. The minimum absolute atomic E-state index is 0.186. The van der Waals surface area contributed by atoms with Gasteiger partial charge in [-0.15, -0.1) is 0 Å². The van der Waals surface area contributed by atoms with Gasteiger partial charge in [0.05, 0.1) is 12.2 Å². The molecule has 0 spiro atoms. The molecular formula is C16H30N2O3. The van der Waals surface area contributed by atoms with E-state index in [9.17, 15) is 4.79 Å². The first-order valence-electron chi connectivity index (χ1n) is 8.20. The van der Waals surface area contributed by atoms with Gasteiger partial charge in [-0.1, -0.05) is 0 Å². The van der Waals surface area contributed by atoms with Gasteiger partial charge in [0.15, 0.2) is 0 Å². The number of amides is 1. The second-order valence-electron chi connectivity index (χ2n) is 7.30. The SMILES string of the molecule is CC1CCC(CNC2CCN(C(=O)OC(C)(C)C)CC2)O1. The van der Waals surface area contributed by atoms with E-state index in [1.54, 1.807) is 0 Å². The average molecular weight is 298 g/mol. The maximum absolute atomic E-state index is 12.0. The van der Waals surface area contributed by atoms with E-state index in [0.717, 1.165) is 38.9 Å². The van der Waals surface area contributed by atoms with E-state index in [1.165, 1.54) is 6.42 Å².